The second kappa shape index (κ2) is 6.48. The molecule has 5 heteroatoms. The molecule has 1 aromatic heterocycles. The summed E-state index contributed by atoms with van der Waals surface area (Å²) < 4.78 is 0. The summed E-state index contributed by atoms with van der Waals surface area (Å²) >= 11 is 0. The van der Waals surface area contributed by atoms with E-state index in [4.69, 9.17) is 5.11 Å². The number of carbonyl (C=O) groups is 1. The molecule has 1 aliphatic rings. The van der Waals surface area contributed by atoms with Crippen LogP contribution in [0.25, 0.3) is 11.1 Å². The first-order chi connectivity index (χ1) is 11.1. The molecule has 0 fully saturated rings. The van der Waals surface area contributed by atoms with Crippen molar-refractivity contribution in [2.45, 2.75) is 38.4 Å². The Morgan fingerprint density at radius 2 is 2.09 bits per heavy atom. The molecular weight excluding hydrogens is 294 g/mol. The Bertz CT molecular complexity index is 742. The van der Waals surface area contributed by atoms with Crippen molar-refractivity contribution in [1.29, 1.82) is 0 Å². The number of pyridine rings is 1. The second-order valence-corrected chi connectivity index (χ2v) is 5.83. The molecule has 0 aliphatic heterocycles. The van der Waals surface area contributed by atoms with Gasteiger partial charge in [-0.3, -0.25) is 9.78 Å². The van der Waals surface area contributed by atoms with Crippen LogP contribution >= 0.6 is 0 Å². The van der Waals surface area contributed by atoms with Crippen LogP contribution in [0.3, 0.4) is 0 Å². The average molecular weight is 313 g/mol. The summed E-state index contributed by atoms with van der Waals surface area (Å²) in [7, 11) is 0. The third kappa shape index (κ3) is 3.11. The number of nitrogens with zero attached hydrogens (tertiary/aromatic N) is 1. The van der Waals surface area contributed by atoms with Gasteiger partial charge in [0, 0.05) is 18.2 Å². The molecule has 3 rings (SSSR count). The number of aryl methyl sites for hydroxylation is 2. The van der Waals surface area contributed by atoms with Gasteiger partial charge in [0.15, 0.2) is 0 Å². The zero-order valence-electron chi connectivity index (χ0n) is 12.7. The van der Waals surface area contributed by atoms with E-state index in [1.165, 1.54) is 0 Å². The van der Waals surface area contributed by atoms with E-state index in [0.29, 0.717) is 12.8 Å². The molecule has 2 aromatic rings. The smallest absolute Gasteiger partial charge is 0.303 e. The predicted molar refractivity (Wildman–Crippen MR) is 84.8 cm³/mol. The standard InChI is InChI=1S/C18H19NO4/c20-10-13-3-1-2-11(5-7-16(22)23)17(13)14-8-12-4-6-15(21)18(12)19-9-14/h1-3,8-9,15,20-21H,4-7,10H2,(H,22,23). The van der Waals surface area contributed by atoms with Gasteiger partial charge in [-0.2, -0.15) is 0 Å². The van der Waals surface area contributed by atoms with Gasteiger partial charge < -0.3 is 15.3 Å². The Hall–Kier alpha value is -2.24. The second-order valence-electron chi connectivity index (χ2n) is 5.83. The number of aliphatic carboxylic acids is 1. The molecule has 0 bridgehead atoms. The van der Waals surface area contributed by atoms with Crippen LogP contribution in [-0.2, 0) is 24.2 Å². The number of aliphatic hydroxyl groups excluding tert-OH is 2. The Labute approximate surface area is 134 Å². The normalized spacial score (nSPS) is 16.3. The fourth-order valence-corrected chi connectivity index (χ4v) is 3.19. The van der Waals surface area contributed by atoms with E-state index in [-0.39, 0.29) is 13.0 Å². The van der Waals surface area contributed by atoms with Crippen LogP contribution in [0.2, 0.25) is 0 Å². The molecule has 0 radical (unpaired) electrons. The average Bonchev–Trinajstić information content (AvgIpc) is 2.93. The van der Waals surface area contributed by atoms with Crippen molar-refractivity contribution in [2.75, 3.05) is 0 Å². The molecule has 1 unspecified atom stereocenters. The van der Waals surface area contributed by atoms with Crippen LogP contribution in [0.15, 0.2) is 30.5 Å². The largest absolute Gasteiger partial charge is 0.481 e. The molecule has 0 spiro atoms. The molecule has 1 atom stereocenters. The first kappa shape index (κ1) is 15.6. The van der Waals surface area contributed by atoms with Crippen molar-refractivity contribution in [3.63, 3.8) is 0 Å². The Kier molecular flexibility index (Phi) is 4.41. The van der Waals surface area contributed by atoms with Gasteiger partial charge in [-0.25, -0.2) is 0 Å². The van der Waals surface area contributed by atoms with Gasteiger partial charge in [0.05, 0.1) is 18.4 Å². The van der Waals surface area contributed by atoms with E-state index in [9.17, 15) is 15.0 Å². The number of aliphatic hydroxyl groups is 2. The fourth-order valence-electron chi connectivity index (χ4n) is 3.19. The minimum absolute atomic E-state index is 0.0406. The molecule has 0 saturated carbocycles. The van der Waals surface area contributed by atoms with Crippen LogP contribution in [0.5, 0.6) is 0 Å². The van der Waals surface area contributed by atoms with Gasteiger partial charge in [-0.1, -0.05) is 18.2 Å². The number of fused-ring (bicyclic) bond motifs is 1. The van der Waals surface area contributed by atoms with Gasteiger partial charge in [-0.15, -0.1) is 0 Å². The number of aromatic nitrogens is 1. The summed E-state index contributed by atoms with van der Waals surface area (Å²) in [5.74, 6) is -0.847. The highest BCUT2D eigenvalue weighted by Crippen LogP contribution is 2.35. The summed E-state index contributed by atoms with van der Waals surface area (Å²) in [4.78, 5) is 15.3. The van der Waals surface area contributed by atoms with Crippen molar-refractivity contribution in [2.24, 2.45) is 0 Å². The minimum Gasteiger partial charge on any atom is -0.481 e. The Morgan fingerprint density at radius 3 is 2.83 bits per heavy atom. The Balaban J connectivity index is 2.05. The predicted octanol–water partition coefficient (Wildman–Crippen LogP) is 2.24. The molecule has 1 aliphatic carbocycles. The molecule has 0 amide bonds. The van der Waals surface area contributed by atoms with Crippen LogP contribution in [-0.4, -0.2) is 26.3 Å². The quantitative estimate of drug-likeness (QED) is 0.787. The minimum atomic E-state index is -0.847. The van der Waals surface area contributed by atoms with Crippen LogP contribution in [0.4, 0.5) is 0 Å². The van der Waals surface area contributed by atoms with Crippen LogP contribution in [0.1, 0.15) is 41.3 Å². The van der Waals surface area contributed by atoms with Gasteiger partial charge in [0.25, 0.3) is 0 Å². The third-order valence-corrected chi connectivity index (χ3v) is 4.31. The third-order valence-electron chi connectivity index (χ3n) is 4.31. The zero-order chi connectivity index (χ0) is 16.4. The maximum absolute atomic E-state index is 10.9. The van der Waals surface area contributed by atoms with Crippen LogP contribution < -0.4 is 0 Å². The van der Waals surface area contributed by atoms with Gasteiger partial charge in [0.1, 0.15) is 0 Å². The van der Waals surface area contributed by atoms with Crippen molar-refractivity contribution < 1.29 is 20.1 Å². The van der Waals surface area contributed by atoms with E-state index in [2.05, 4.69) is 4.98 Å². The van der Waals surface area contributed by atoms with Crippen molar-refractivity contribution >= 4 is 5.97 Å². The lowest BCUT2D eigenvalue weighted by Crippen LogP contribution is -2.02. The molecule has 1 heterocycles. The summed E-state index contributed by atoms with van der Waals surface area (Å²) in [5, 5.41) is 28.4. The van der Waals surface area contributed by atoms with Crippen LogP contribution in [0, 0.1) is 0 Å². The van der Waals surface area contributed by atoms with E-state index < -0.39 is 12.1 Å². The summed E-state index contributed by atoms with van der Waals surface area (Å²) in [6.07, 6.45) is 3.10. The Morgan fingerprint density at radius 1 is 1.30 bits per heavy atom. The highest BCUT2D eigenvalue weighted by atomic mass is 16.4. The van der Waals surface area contributed by atoms with E-state index in [1.807, 2.05) is 24.3 Å². The van der Waals surface area contributed by atoms with Gasteiger partial charge in [0.2, 0.25) is 0 Å². The highest BCUT2D eigenvalue weighted by molar-refractivity contribution is 5.73. The number of benzene rings is 1. The monoisotopic (exact) mass is 313 g/mol. The first-order valence-electron chi connectivity index (χ1n) is 7.71. The van der Waals surface area contributed by atoms with Gasteiger partial charge >= 0.3 is 5.97 Å². The summed E-state index contributed by atoms with van der Waals surface area (Å²) in [6, 6.07) is 7.55. The zero-order valence-corrected chi connectivity index (χ0v) is 12.7. The lowest BCUT2D eigenvalue weighted by Gasteiger charge is -2.14. The SMILES string of the molecule is O=C(O)CCc1cccc(CO)c1-c1cnc2c(c1)CCC2O. The highest BCUT2D eigenvalue weighted by Gasteiger charge is 2.23. The van der Waals surface area contributed by atoms with E-state index >= 15 is 0 Å². The maximum atomic E-state index is 10.9. The lowest BCUT2D eigenvalue weighted by atomic mass is 9.92. The summed E-state index contributed by atoms with van der Waals surface area (Å²) in [5.41, 5.74) is 5.11. The number of carboxylic acids is 1. The fraction of sp³-hybridized carbons (Fsp3) is 0.333. The summed E-state index contributed by atoms with van der Waals surface area (Å²) in [6.45, 7) is -0.115. The topological polar surface area (TPSA) is 90.7 Å². The first-order valence-corrected chi connectivity index (χ1v) is 7.71. The molecule has 3 N–H and O–H groups in total. The van der Waals surface area contributed by atoms with E-state index in [0.717, 1.165) is 39.9 Å². The lowest BCUT2D eigenvalue weighted by molar-refractivity contribution is -0.136. The number of carboxylic acid groups (broad SMARTS) is 1. The van der Waals surface area contributed by atoms with Crippen molar-refractivity contribution in [3.8, 4) is 11.1 Å². The molecule has 120 valence electrons. The molecule has 1 aromatic carbocycles. The number of hydrogen-bond donors (Lipinski definition) is 3. The number of rotatable bonds is 5. The van der Waals surface area contributed by atoms with Gasteiger partial charge in [-0.05, 0) is 47.6 Å². The number of hydrogen-bond acceptors (Lipinski definition) is 4. The molecular formula is C18H19NO4. The van der Waals surface area contributed by atoms with Crippen molar-refractivity contribution in [1.82, 2.24) is 4.98 Å². The van der Waals surface area contributed by atoms with Crippen molar-refractivity contribution in [3.05, 3.63) is 52.8 Å². The molecule has 23 heavy (non-hydrogen) atoms. The van der Waals surface area contributed by atoms with E-state index in [1.54, 1.807) is 6.20 Å². The molecule has 0 saturated heterocycles. The molecule has 5 nitrogen and oxygen atoms in total. The maximum Gasteiger partial charge on any atom is 0.303 e.